The molecule has 1 fully saturated rings. The van der Waals surface area contributed by atoms with Crippen LogP contribution in [0.4, 0.5) is 13.6 Å². The summed E-state index contributed by atoms with van der Waals surface area (Å²) in [5.41, 5.74) is 0.538. The summed E-state index contributed by atoms with van der Waals surface area (Å²) in [4.78, 5) is 18.5. The predicted molar refractivity (Wildman–Crippen MR) is 125 cm³/mol. The second-order valence-electron chi connectivity index (χ2n) is 7.61. The van der Waals surface area contributed by atoms with Crippen molar-refractivity contribution in [2.45, 2.75) is 25.9 Å². The van der Waals surface area contributed by atoms with Gasteiger partial charge < -0.3 is 19.7 Å². The van der Waals surface area contributed by atoms with Crippen molar-refractivity contribution in [1.29, 1.82) is 0 Å². The monoisotopic (exact) mass is 515 g/mol. The molecule has 1 N–H and O–H groups in total. The van der Waals surface area contributed by atoms with Crippen LogP contribution >= 0.6 is 34.5 Å². The summed E-state index contributed by atoms with van der Waals surface area (Å²) in [6.07, 6.45) is 0.922. The molecule has 0 spiro atoms. The first-order chi connectivity index (χ1) is 15.8. The molecule has 1 aliphatic rings. The second kappa shape index (κ2) is 10.4. The molecule has 1 aliphatic heterocycles. The first-order valence-corrected chi connectivity index (χ1v) is 12.0. The lowest BCUT2D eigenvalue weighted by Gasteiger charge is -2.18. The standard InChI is InChI=1S/C22H21Cl2F2N3O3S/c1-12(19-13(23)4-5-14(25)20(19)24)31-17-11-18-16(10-15(17)26)28-22(33-18)32-21(30)27-6-9-29-7-2-3-8-29/h4-5,10-12H,2-3,6-9H2,1H3,(H,27,30). The molecule has 2 aromatic carbocycles. The summed E-state index contributed by atoms with van der Waals surface area (Å²) in [7, 11) is 0. The highest BCUT2D eigenvalue weighted by Crippen LogP contribution is 2.38. The zero-order valence-corrected chi connectivity index (χ0v) is 20.0. The van der Waals surface area contributed by atoms with Crippen molar-refractivity contribution >= 4 is 50.8 Å². The third kappa shape index (κ3) is 5.66. The van der Waals surface area contributed by atoms with E-state index in [1.807, 2.05) is 0 Å². The van der Waals surface area contributed by atoms with Crippen molar-refractivity contribution in [3.63, 3.8) is 0 Å². The number of amides is 1. The van der Waals surface area contributed by atoms with E-state index >= 15 is 0 Å². The number of carbonyl (C=O) groups excluding carboxylic acids is 1. The average molecular weight is 516 g/mol. The molecule has 4 rings (SSSR count). The minimum Gasteiger partial charge on any atom is -0.483 e. The molecule has 0 saturated carbocycles. The van der Waals surface area contributed by atoms with E-state index in [0.717, 1.165) is 37.0 Å². The molecule has 0 aliphatic carbocycles. The Morgan fingerprint density at radius 1 is 1.24 bits per heavy atom. The summed E-state index contributed by atoms with van der Waals surface area (Å²) >= 11 is 13.2. The molecule has 1 atom stereocenters. The molecule has 1 aromatic heterocycles. The topological polar surface area (TPSA) is 63.7 Å². The molecular weight excluding hydrogens is 495 g/mol. The Hall–Kier alpha value is -2.20. The maximum Gasteiger partial charge on any atom is 0.414 e. The SMILES string of the molecule is CC(Oc1cc2sc(OC(=O)NCCN3CCCC3)nc2cc1F)c1c(Cl)ccc(F)c1Cl. The van der Waals surface area contributed by atoms with E-state index in [0.29, 0.717) is 16.8 Å². The van der Waals surface area contributed by atoms with Crippen molar-refractivity contribution in [2.75, 3.05) is 26.2 Å². The lowest BCUT2D eigenvalue weighted by Crippen LogP contribution is -2.35. The minimum absolute atomic E-state index is 0.0864. The fraction of sp³-hybridized carbons (Fsp3) is 0.364. The van der Waals surface area contributed by atoms with E-state index in [4.69, 9.17) is 32.7 Å². The number of hydrogen-bond acceptors (Lipinski definition) is 6. The number of carbonyl (C=O) groups is 1. The summed E-state index contributed by atoms with van der Waals surface area (Å²) in [5, 5.41) is 2.81. The van der Waals surface area contributed by atoms with Crippen LogP contribution in [0.15, 0.2) is 24.3 Å². The normalized spacial score (nSPS) is 15.1. The van der Waals surface area contributed by atoms with Gasteiger partial charge in [-0.25, -0.2) is 18.6 Å². The summed E-state index contributed by atoms with van der Waals surface area (Å²) < 4.78 is 40.0. The molecule has 176 valence electrons. The fourth-order valence-corrected chi connectivity index (χ4v) is 5.15. The Morgan fingerprint density at radius 3 is 2.76 bits per heavy atom. The van der Waals surface area contributed by atoms with Crippen molar-refractivity contribution in [3.8, 4) is 10.9 Å². The molecule has 0 radical (unpaired) electrons. The van der Waals surface area contributed by atoms with Crippen LogP contribution in [0.3, 0.4) is 0 Å². The zero-order valence-electron chi connectivity index (χ0n) is 17.7. The van der Waals surface area contributed by atoms with Crippen LogP contribution in [-0.4, -0.2) is 42.2 Å². The van der Waals surface area contributed by atoms with Gasteiger partial charge in [-0.3, -0.25) is 0 Å². The highest BCUT2D eigenvalue weighted by atomic mass is 35.5. The number of nitrogens with zero attached hydrogens (tertiary/aromatic N) is 2. The van der Waals surface area contributed by atoms with E-state index in [1.54, 1.807) is 6.92 Å². The number of fused-ring (bicyclic) bond motifs is 1. The number of hydrogen-bond donors (Lipinski definition) is 1. The quantitative estimate of drug-likeness (QED) is 0.379. The van der Waals surface area contributed by atoms with Gasteiger partial charge in [0.15, 0.2) is 11.6 Å². The molecule has 1 saturated heterocycles. The van der Waals surface area contributed by atoms with E-state index in [2.05, 4.69) is 15.2 Å². The molecule has 1 amide bonds. The average Bonchev–Trinajstić information content (AvgIpc) is 3.40. The molecule has 3 aromatic rings. The van der Waals surface area contributed by atoms with Crippen molar-refractivity contribution in [1.82, 2.24) is 15.2 Å². The number of thiazole rings is 1. The molecule has 6 nitrogen and oxygen atoms in total. The van der Waals surface area contributed by atoms with E-state index < -0.39 is 23.8 Å². The van der Waals surface area contributed by atoms with Crippen LogP contribution in [0.2, 0.25) is 10.0 Å². The predicted octanol–water partition coefficient (Wildman–Crippen LogP) is 6.21. The van der Waals surface area contributed by atoms with Gasteiger partial charge in [0.1, 0.15) is 11.9 Å². The Morgan fingerprint density at radius 2 is 2.00 bits per heavy atom. The first-order valence-electron chi connectivity index (χ1n) is 10.4. The zero-order chi connectivity index (χ0) is 23.5. The number of benzene rings is 2. The van der Waals surface area contributed by atoms with Gasteiger partial charge in [-0.05, 0) is 45.0 Å². The van der Waals surface area contributed by atoms with E-state index in [-0.39, 0.29) is 26.6 Å². The molecule has 1 unspecified atom stereocenters. The van der Waals surface area contributed by atoms with Crippen LogP contribution in [0, 0.1) is 11.6 Å². The van der Waals surface area contributed by atoms with Gasteiger partial charge in [0.05, 0.1) is 15.2 Å². The van der Waals surface area contributed by atoms with Crippen molar-refractivity contribution < 1.29 is 23.0 Å². The van der Waals surface area contributed by atoms with Crippen LogP contribution in [-0.2, 0) is 0 Å². The van der Waals surface area contributed by atoms with Gasteiger partial charge in [0, 0.05) is 35.8 Å². The third-order valence-corrected chi connectivity index (χ3v) is 6.90. The minimum atomic E-state index is -0.822. The fourth-order valence-electron chi connectivity index (χ4n) is 3.65. The highest BCUT2D eigenvalue weighted by molar-refractivity contribution is 7.20. The molecule has 11 heteroatoms. The van der Waals surface area contributed by atoms with Crippen molar-refractivity contribution in [2.24, 2.45) is 0 Å². The molecule has 0 bridgehead atoms. The van der Waals surface area contributed by atoms with Gasteiger partial charge >= 0.3 is 6.09 Å². The lowest BCUT2D eigenvalue weighted by molar-refractivity contribution is 0.198. The Kier molecular flexibility index (Phi) is 7.53. The van der Waals surface area contributed by atoms with Crippen LogP contribution in [0.1, 0.15) is 31.4 Å². The van der Waals surface area contributed by atoms with Gasteiger partial charge in [-0.15, -0.1) is 0 Å². The van der Waals surface area contributed by atoms with Crippen LogP contribution in [0.5, 0.6) is 10.9 Å². The number of rotatable bonds is 7. The van der Waals surface area contributed by atoms with Gasteiger partial charge in [0.25, 0.3) is 5.19 Å². The van der Waals surface area contributed by atoms with Crippen molar-refractivity contribution in [3.05, 3.63) is 51.5 Å². The smallest absolute Gasteiger partial charge is 0.414 e. The third-order valence-electron chi connectivity index (χ3n) is 5.29. The van der Waals surface area contributed by atoms with E-state index in [9.17, 15) is 13.6 Å². The lowest BCUT2D eigenvalue weighted by atomic mass is 10.1. The second-order valence-corrected chi connectivity index (χ2v) is 9.39. The number of nitrogens with one attached hydrogen (secondary N) is 1. The number of likely N-dealkylation sites (tertiary alicyclic amines) is 1. The van der Waals surface area contributed by atoms with Crippen LogP contribution in [0.25, 0.3) is 10.2 Å². The summed E-state index contributed by atoms with van der Waals surface area (Å²) in [5.74, 6) is -1.41. The largest absolute Gasteiger partial charge is 0.483 e. The summed E-state index contributed by atoms with van der Waals surface area (Å²) in [6, 6.07) is 5.13. The first kappa shape index (κ1) is 23.9. The molecular formula is C22H21Cl2F2N3O3S. The maximum absolute atomic E-state index is 14.6. The number of halogens is 4. The maximum atomic E-state index is 14.6. The van der Waals surface area contributed by atoms with Gasteiger partial charge in [-0.1, -0.05) is 34.5 Å². The Balaban J connectivity index is 1.43. The summed E-state index contributed by atoms with van der Waals surface area (Å²) in [6.45, 7) is 4.91. The van der Waals surface area contributed by atoms with E-state index in [1.165, 1.54) is 31.0 Å². The number of aromatic nitrogens is 1. The van der Waals surface area contributed by atoms with Crippen LogP contribution < -0.4 is 14.8 Å². The van der Waals surface area contributed by atoms with Gasteiger partial charge in [0.2, 0.25) is 0 Å². The Labute approximate surface area is 203 Å². The highest BCUT2D eigenvalue weighted by Gasteiger charge is 2.21. The number of ether oxygens (including phenoxy) is 2. The Bertz CT molecular complexity index is 1170. The molecule has 33 heavy (non-hydrogen) atoms. The van der Waals surface area contributed by atoms with Gasteiger partial charge in [-0.2, -0.15) is 0 Å². The molecule has 2 heterocycles.